The average molecular weight is 226 g/mol. The number of aromatic nitrogens is 2. The maximum absolute atomic E-state index is 9.88. The lowest BCUT2D eigenvalue weighted by molar-refractivity contribution is 0.0902. The third-order valence-corrected chi connectivity index (χ3v) is 2.89. The summed E-state index contributed by atoms with van der Waals surface area (Å²) in [5.41, 5.74) is 6.18. The number of nitrogen functional groups attached to an aromatic ring is 1. The molecule has 3 N–H and O–H groups in total. The monoisotopic (exact) mass is 226 g/mol. The van der Waals surface area contributed by atoms with Gasteiger partial charge in [-0.2, -0.15) is 5.10 Å². The zero-order chi connectivity index (χ0) is 12.1. The molecule has 0 aliphatic carbocycles. The number of nitrogens with two attached hydrogens (primary N) is 1. The average Bonchev–Trinajstić information content (AvgIpc) is 2.62. The van der Waals surface area contributed by atoms with Gasteiger partial charge in [0.1, 0.15) is 0 Å². The third kappa shape index (κ3) is 3.83. The maximum atomic E-state index is 9.88. The van der Waals surface area contributed by atoms with Crippen LogP contribution in [0.3, 0.4) is 0 Å². The fourth-order valence-electron chi connectivity index (χ4n) is 1.58. The summed E-state index contributed by atoms with van der Waals surface area (Å²) in [6.45, 7) is 5.42. The van der Waals surface area contributed by atoms with Gasteiger partial charge in [0.05, 0.1) is 24.5 Å². The molecule has 0 radical (unpaired) electrons. The lowest BCUT2D eigenvalue weighted by Crippen LogP contribution is -2.37. The molecule has 0 amide bonds. The van der Waals surface area contributed by atoms with Crippen LogP contribution in [0.5, 0.6) is 0 Å². The van der Waals surface area contributed by atoms with E-state index in [0.29, 0.717) is 24.8 Å². The molecule has 0 spiro atoms. The van der Waals surface area contributed by atoms with Crippen LogP contribution in [0, 0.1) is 0 Å². The lowest BCUT2D eigenvalue weighted by atomic mass is 10.2. The van der Waals surface area contributed by atoms with Crippen LogP contribution in [0.2, 0.25) is 0 Å². The van der Waals surface area contributed by atoms with Crippen molar-refractivity contribution < 1.29 is 5.11 Å². The molecule has 0 saturated heterocycles. The molecule has 92 valence electrons. The molecule has 16 heavy (non-hydrogen) atoms. The minimum atomic E-state index is -0.418. The van der Waals surface area contributed by atoms with Crippen molar-refractivity contribution in [2.24, 2.45) is 0 Å². The van der Waals surface area contributed by atoms with Gasteiger partial charge in [0.2, 0.25) is 0 Å². The van der Waals surface area contributed by atoms with E-state index in [0.717, 1.165) is 6.42 Å². The SMILES string of the molecule is CCC(C)N(C)CC(O)Cn1cc(N)cn1. The van der Waals surface area contributed by atoms with Crippen LogP contribution < -0.4 is 5.73 Å². The molecule has 2 atom stereocenters. The van der Waals surface area contributed by atoms with E-state index in [9.17, 15) is 5.11 Å². The van der Waals surface area contributed by atoms with Gasteiger partial charge < -0.3 is 15.7 Å². The van der Waals surface area contributed by atoms with Gasteiger partial charge in [-0.25, -0.2) is 0 Å². The topological polar surface area (TPSA) is 67.3 Å². The number of likely N-dealkylation sites (N-methyl/N-ethyl adjacent to an activating group) is 1. The number of nitrogens with zero attached hydrogens (tertiary/aromatic N) is 3. The molecular formula is C11H22N4O. The zero-order valence-electron chi connectivity index (χ0n) is 10.3. The van der Waals surface area contributed by atoms with Crippen molar-refractivity contribution >= 4 is 5.69 Å². The van der Waals surface area contributed by atoms with Gasteiger partial charge in [-0.15, -0.1) is 0 Å². The first-order valence-corrected chi connectivity index (χ1v) is 5.69. The molecule has 0 fully saturated rings. The van der Waals surface area contributed by atoms with Crippen molar-refractivity contribution in [3.8, 4) is 0 Å². The van der Waals surface area contributed by atoms with E-state index in [4.69, 9.17) is 5.73 Å². The van der Waals surface area contributed by atoms with Crippen LogP contribution in [0.1, 0.15) is 20.3 Å². The molecule has 2 unspecified atom stereocenters. The Balaban J connectivity index is 2.38. The fraction of sp³-hybridized carbons (Fsp3) is 0.727. The van der Waals surface area contributed by atoms with E-state index in [-0.39, 0.29) is 0 Å². The normalized spacial score (nSPS) is 15.3. The van der Waals surface area contributed by atoms with E-state index in [1.54, 1.807) is 17.1 Å². The van der Waals surface area contributed by atoms with Crippen molar-refractivity contribution in [3.63, 3.8) is 0 Å². The van der Waals surface area contributed by atoms with Crippen molar-refractivity contribution in [1.29, 1.82) is 0 Å². The third-order valence-electron chi connectivity index (χ3n) is 2.89. The van der Waals surface area contributed by atoms with Crippen molar-refractivity contribution in [2.45, 2.75) is 39.0 Å². The summed E-state index contributed by atoms with van der Waals surface area (Å²) in [7, 11) is 2.02. The first-order valence-electron chi connectivity index (χ1n) is 5.69. The molecule has 0 aromatic carbocycles. The molecule has 0 saturated carbocycles. The Morgan fingerprint density at radius 2 is 2.31 bits per heavy atom. The number of rotatable bonds is 6. The summed E-state index contributed by atoms with van der Waals surface area (Å²) < 4.78 is 1.67. The van der Waals surface area contributed by atoms with E-state index < -0.39 is 6.10 Å². The highest BCUT2D eigenvalue weighted by Gasteiger charge is 2.13. The first kappa shape index (κ1) is 13.0. The molecule has 0 aliphatic rings. The smallest absolute Gasteiger partial charge is 0.0862 e. The quantitative estimate of drug-likeness (QED) is 0.743. The molecule has 0 aliphatic heterocycles. The zero-order valence-corrected chi connectivity index (χ0v) is 10.3. The van der Waals surface area contributed by atoms with Crippen molar-refractivity contribution in [2.75, 3.05) is 19.3 Å². The number of hydrogen-bond acceptors (Lipinski definition) is 4. The minimum absolute atomic E-state index is 0.418. The van der Waals surface area contributed by atoms with Gasteiger partial charge in [0, 0.05) is 18.8 Å². The van der Waals surface area contributed by atoms with Crippen molar-refractivity contribution in [3.05, 3.63) is 12.4 Å². The Morgan fingerprint density at radius 3 is 2.81 bits per heavy atom. The van der Waals surface area contributed by atoms with Crippen LogP contribution >= 0.6 is 0 Å². The van der Waals surface area contributed by atoms with E-state index in [1.807, 2.05) is 7.05 Å². The summed E-state index contributed by atoms with van der Waals surface area (Å²) in [5, 5.41) is 13.9. The second-order valence-electron chi connectivity index (χ2n) is 4.35. The van der Waals surface area contributed by atoms with Gasteiger partial charge in [-0.05, 0) is 20.4 Å². The highest BCUT2D eigenvalue weighted by atomic mass is 16.3. The second kappa shape index (κ2) is 5.86. The first-order chi connectivity index (χ1) is 7.52. The van der Waals surface area contributed by atoms with Gasteiger partial charge in [-0.1, -0.05) is 6.92 Å². The summed E-state index contributed by atoms with van der Waals surface area (Å²) in [5.74, 6) is 0. The molecular weight excluding hydrogens is 204 g/mol. The number of aliphatic hydroxyl groups is 1. The Labute approximate surface area is 96.9 Å². The van der Waals surface area contributed by atoms with Gasteiger partial charge >= 0.3 is 0 Å². The minimum Gasteiger partial charge on any atom is -0.396 e. The lowest BCUT2D eigenvalue weighted by Gasteiger charge is -2.25. The molecule has 0 bridgehead atoms. The summed E-state index contributed by atoms with van der Waals surface area (Å²) in [6, 6.07) is 0.484. The van der Waals surface area contributed by atoms with Crippen LogP contribution in [0.25, 0.3) is 0 Å². The van der Waals surface area contributed by atoms with Crippen LogP contribution in [0.15, 0.2) is 12.4 Å². The Kier molecular flexibility index (Phi) is 4.76. The number of anilines is 1. The fourth-order valence-corrected chi connectivity index (χ4v) is 1.58. The van der Waals surface area contributed by atoms with Crippen LogP contribution in [-0.2, 0) is 6.54 Å². The van der Waals surface area contributed by atoms with Gasteiger partial charge in [-0.3, -0.25) is 4.68 Å². The maximum Gasteiger partial charge on any atom is 0.0862 e. The highest BCUT2D eigenvalue weighted by molar-refractivity contribution is 5.30. The molecule has 1 aromatic heterocycles. The van der Waals surface area contributed by atoms with Crippen LogP contribution in [-0.4, -0.2) is 45.5 Å². The Morgan fingerprint density at radius 1 is 1.62 bits per heavy atom. The number of hydrogen-bond donors (Lipinski definition) is 2. The van der Waals surface area contributed by atoms with Gasteiger partial charge in [0.25, 0.3) is 0 Å². The molecule has 5 heteroatoms. The van der Waals surface area contributed by atoms with E-state index >= 15 is 0 Å². The van der Waals surface area contributed by atoms with Gasteiger partial charge in [0.15, 0.2) is 0 Å². The Hall–Kier alpha value is -1.07. The molecule has 1 rings (SSSR count). The molecule has 1 heterocycles. The highest BCUT2D eigenvalue weighted by Crippen LogP contribution is 2.04. The van der Waals surface area contributed by atoms with E-state index in [2.05, 4.69) is 23.8 Å². The summed E-state index contributed by atoms with van der Waals surface area (Å²) in [4.78, 5) is 2.15. The van der Waals surface area contributed by atoms with Crippen LogP contribution in [0.4, 0.5) is 5.69 Å². The summed E-state index contributed by atoms with van der Waals surface area (Å²) in [6.07, 6.45) is 3.98. The Bertz CT molecular complexity index is 313. The molecule has 1 aromatic rings. The number of aliphatic hydroxyl groups excluding tert-OH is 1. The predicted octanol–water partition coefficient (Wildman–Crippen LogP) is 0.556. The summed E-state index contributed by atoms with van der Waals surface area (Å²) >= 11 is 0. The standard InChI is InChI=1S/C11H22N4O/c1-4-9(2)14(3)7-11(16)8-15-6-10(12)5-13-15/h5-6,9,11,16H,4,7-8,12H2,1-3H3. The largest absolute Gasteiger partial charge is 0.396 e. The second-order valence-corrected chi connectivity index (χ2v) is 4.35. The molecule has 5 nitrogen and oxygen atoms in total. The van der Waals surface area contributed by atoms with E-state index in [1.165, 1.54) is 0 Å². The van der Waals surface area contributed by atoms with Crippen molar-refractivity contribution in [1.82, 2.24) is 14.7 Å². The predicted molar refractivity (Wildman–Crippen MR) is 65.0 cm³/mol.